The van der Waals surface area contributed by atoms with E-state index in [2.05, 4.69) is 41.6 Å². The molecule has 0 saturated carbocycles. The van der Waals surface area contributed by atoms with Gasteiger partial charge in [0.15, 0.2) is 0 Å². The van der Waals surface area contributed by atoms with Gasteiger partial charge in [0, 0.05) is 43.7 Å². The van der Waals surface area contributed by atoms with Gasteiger partial charge in [-0.05, 0) is 38.1 Å². The van der Waals surface area contributed by atoms with E-state index in [0.717, 1.165) is 32.8 Å². The van der Waals surface area contributed by atoms with Crippen LogP contribution in [0.2, 0.25) is 0 Å². The second-order valence-corrected chi connectivity index (χ2v) is 6.51. The molecule has 2 heterocycles. The molecule has 1 aliphatic heterocycles. The fourth-order valence-corrected chi connectivity index (χ4v) is 3.14. The Labute approximate surface area is 121 Å². The fourth-order valence-electron chi connectivity index (χ4n) is 2.41. The Balaban J connectivity index is 1.65. The maximum Gasteiger partial charge on any atom is 0.0700 e. The average Bonchev–Trinajstić information content (AvgIpc) is 3.05. The fraction of sp³-hybridized carbons (Fsp3) is 0.733. The second kappa shape index (κ2) is 8.00. The number of thiophene rings is 1. The van der Waals surface area contributed by atoms with Crippen molar-refractivity contribution in [1.29, 1.82) is 0 Å². The molecule has 108 valence electrons. The molecule has 4 heteroatoms. The van der Waals surface area contributed by atoms with Crippen molar-refractivity contribution in [1.82, 2.24) is 10.2 Å². The van der Waals surface area contributed by atoms with Crippen molar-refractivity contribution < 1.29 is 4.74 Å². The molecule has 1 aliphatic rings. The Bertz CT molecular complexity index is 334. The van der Waals surface area contributed by atoms with Crippen molar-refractivity contribution in [2.45, 2.75) is 45.4 Å². The van der Waals surface area contributed by atoms with Crippen LogP contribution in [0.1, 0.15) is 31.6 Å². The van der Waals surface area contributed by atoms with Crippen LogP contribution in [0.15, 0.2) is 17.5 Å². The van der Waals surface area contributed by atoms with E-state index in [1.807, 2.05) is 11.3 Å². The highest BCUT2D eigenvalue weighted by Crippen LogP contribution is 2.13. The van der Waals surface area contributed by atoms with E-state index in [9.17, 15) is 0 Å². The highest BCUT2D eigenvalue weighted by Gasteiger charge is 2.15. The van der Waals surface area contributed by atoms with Gasteiger partial charge in [-0.25, -0.2) is 0 Å². The van der Waals surface area contributed by atoms with Crippen LogP contribution in [-0.2, 0) is 11.3 Å². The Morgan fingerprint density at radius 3 is 3.05 bits per heavy atom. The molecule has 1 atom stereocenters. The zero-order chi connectivity index (χ0) is 13.5. The molecule has 0 bridgehead atoms. The number of nitrogens with zero attached hydrogens (tertiary/aromatic N) is 1. The Hall–Kier alpha value is -0.420. The van der Waals surface area contributed by atoms with Crippen molar-refractivity contribution in [3.63, 3.8) is 0 Å². The Kier molecular flexibility index (Phi) is 6.31. The third kappa shape index (κ3) is 5.22. The molecule has 0 spiro atoms. The van der Waals surface area contributed by atoms with Crippen LogP contribution in [0, 0.1) is 0 Å². The van der Waals surface area contributed by atoms with E-state index in [-0.39, 0.29) is 0 Å². The van der Waals surface area contributed by atoms with E-state index in [0.29, 0.717) is 12.1 Å². The second-order valence-electron chi connectivity index (χ2n) is 5.48. The maximum atomic E-state index is 5.62. The first kappa shape index (κ1) is 15.0. The monoisotopic (exact) mass is 282 g/mol. The van der Waals surface area contributed by atoms with Gasteiger partial charge in [-0.15, -0.1) is 11.3 Å². The maximum absolute atomic E-state index is 5.62. The summed E-state index contributed by atoms with van der Waals surface area (Å²) in [5, 5.41) is 5.69. The van der Waals surface area contributed by atoms with Crippen molar-refractivity contribution in [3.05, 3.63) is 22.4 Å². The van der Waals surface area contributed by atoms with Crippen LogP contribution >= 0.6 is 11.3 Å². The lowest BCUT2D eigenvalue weighted by Crippen LogP contribution is -2.38. The predicted molar refractivity (Wildman–Crippen MR) is 81.7 cm³/mol. The van der Waals surface area contributed by atoms with Crippen LogP contribution in [-0.4, -0.2) is 43.3 Å². The van der Waals surface area contributed by atoms with Gasteiger partial charge in [0.1, 0.15) is 0 Å². The summed E-state index contributed by atoms with van der Waals surface area (Å²) in [6, 6.07) is 4.94. The topological polar surface area (TPSA) is 24.5 Å². The SMILES string of the molecule is CC(C)N(CCNCC1CCCO1)Cc1cccs1. The number of rotatable bonds is 8. The third-order valence-corrected chi connectivity index (χ3v) is 4.50. The zero-order valence-electron chi connectivity index (χ0n) is 12.1. The number of ether oxygens (including phenoxy) is 1. The molecule has 1 saturated heterocycles. The summed E-state index contributed by atoms with van der Waals surface area (Å²) >= 11 is 1.85. The van der Waals surface area contributed by atoms with Crippen LogP contribution in [0.5, 0.6) is 0 Å². The number of hydrogen-bond donors (Lipinski definition) is 1. The van der Waals surface area contributed by atoms with Crippen molar-refractivity contribution in [2.24, 2.45) is 0 Å². The standard InChI is InChI=1S/C15H26N2OS/c1-13(2)17(12-15-6-4-10-19-15)8-7-16-11-14-5-3-9-18-14/h4,6,10,13-14,16H,3,5,7-9,11-12H2,1-2H3. The van der Waals surface area contributed by atoms with Gasteiger partial charge in [-0.2, -0.15) is 0 Å². The predicted octanol–water partition coefficient (Wildman–Crippen LogP) is 2.73. The lowest BCUT2D eigenvalue weighted by molar-refractivity contribution is 0.108. The molecule has 1 aromatic heterocycles. The molecular weight excluding hydrogens is 256 g/mol. The highest BCUT2D eigenvalue weighted by molar-refractivity contribution is 7.09. The lowest BCUT2D eigenvalue weighted by atomic mass is 10.2. The van der Waals surface area contributed by atoms with Crippen LogP contribution in [0.3, 0.4) is 0 Å². The number of nitrogens with one attached hydrogen (secondary N) is 1. The summed E-state index contributed by atoms with van der Waals surface area (Å²) < 4.78 is 5.62. The van der Waals surface area contributed by atoms with Gasteiger partial charge in [-0.1, -0.05) is 6.07 Å². The molecule has 1 N–H and O–H groups in total. The molecule has 2 rings (SSSR count). The Morgan fingerprint density at radius 1 is 1.53 bits per heavy atom. The summed E-state index contributed by atoms with van der Waals surface area (Å²) in [6.07, 6.45) is 2.89. The minimum Gasteiger partial charge on any atom is -0.377 e. The van der Waals surface area contributed by atoms with Crippen molar-refractivity contribution in [3.8, 4) is 0 Å². The first-order chi connectivity index (χ1) is 9.25. The summed E-state index contributed by atoms with van der Waals surface area (Å²) in [5.74, 6) is 0. The van der Waals surface area contributed by atoms with E-state index in [1.54, 1.807) is 0 Å². The number of hydrogen-bond acceptors (Lipinski definition) is 4. The van der Waals surface area contributed by atoms with Crippen LogP contribution in [0.25, 0.3) is 0 Å². The van der Waals surface area contributed by atoms with Crippen LogP contribution in [0.4, 0.5) is 0 Å². The highest BCUT2D eigenvalue weighted by atomic mass is 32.1. The molecule has 1 unspecified atom stereocenters. The van der Waals surface area contributed by atoms with Gasteiger partial charge in [0.2, 0.25) is 0 Å². The molecule has 1 fully saturated rings. The lowest BCUT2D eigenvalue weighted by Gasteiger charge is -2.26. The zero-order valence-corrected chi connectivity index (χ0v) is 12.9. The van der Waals surface area contributed by atoms with Gasteiger partial charge < -0.3 is 10.1 Å². The van der Waals surface area contributed by atoms with E-state index >= 15 is 0 Å². The first-order valence-electron chi connectivity index (χ1n) is 7.34. The van der Waals surface area contributed by atoms with Crippen LogP contribution < -0.4 is 5.32 Å². The molecule has 1 aromatic rings. The molecule has 19 heavy (non-hydrogen) atoms. The first-order valence-corrected chi connectivity index (χ1v) is 8.22. The van der Waals surface area contributed by atoms with E-state index in [4.69, 9.17) is 4.74 Å². The molecule has 0 aliphatic carbocycles. The van der Waals surface area contributed by atoms with E-state index < -0.39 is 0 Å². The molecule has 0 amide bonds. The summed E-state index contributed by atoms with van der Waals surface area (Å²) in [7, 11) is 0. The normalized spacial score (nSPS) is 19.7. The minimum atomic E-state index is 0.449. The van der Waals surface area contributed by atoms with Gasteiger partial charge in [0.05, 0.1) is 6.10 Å². The molecule has 0 radical (unpaired) electrons. The van der Waals surface area contributed by atoms with Gasteiger partial charge in [-0.3, -0.25) is 4.90 Å². The summed E-state index contributed by atoms with van der Waals surface area (Å²) in [6.45, 7) is 9.71. The quantitative estimate of drug-likeness (QED) is 0.742. The van der Waals surface area contributed by atoms with E-state index in [1.165, 1.54) is 17.7 Å². The molecule has 3 nitrogen and oxygen atoms in total. The smallest absolute Gasteiger partial charge is 0.0700 e. The minimum absolute atomic E-state index is 0.449. The third-order valence-electron chi connectivity index (χ3n) is 3.64. The van der Waals surface area contributed by atoms with Crippen molar-refractivity contribution >= 4 is 11.3 Å². The van der Waals surface area contributed by atoms with Gasteiger partial charge in [0.25, 0.3) is 0 Å². The summed E-state index contributed by atoms with van der Waals surface area (Å²) in [5.41, 5.74) is 0. The summed E-state index contributed by atoms with van der Waals surface area (Å²) in [4.78, 5) is 3.97. The molecule has 0 aromatic carbocycles. The average molecular weight is 282 g/mol. The molecular formula is C15H26N2OS. The Morgan fingerprint density at radius 2 is 2.42 bits per heavy atom. The largest absolute Gasteiger partial charge is 0.377 e. The van der Waals surface area contributed by atoms with Crippen molar-refractivity contribution in [2.75, 3.05) is 26.2 Å². The van der Waals surface area contributed by atoms with Gasteiger partial charge >= 0.3 is 0 Å².